The molecule has 0 radical (unpaired) electrons. The van der Waals surface area contributed by atoms with Gasteiger partial charge in [-0.25, -0.2) is 4.39 Å². The standard InChI is InChI=1S/C13H17ClFN/c1-8-7-10(14)12(15)11(9(8)2)13(16)5-3-4-6-13/h7H,3-6,16H2,1-2H3. The highest BCUT2D eigenvalue weighted by atomic mass is 35.5. The molecule has 1 aromatic rings. The van der Waals surface area contributed by atoms with Crippen LogP contribution in [0.2, 0.25) is 5.02 Å². The number of hydrogen-bond donors (Lipinski definition) is 1. The summed E-state index contributed by atoms with van der Waals surface area (Å²) in [7, 11) is 0. The van der Waals surface area contributed by atoms with Crippen molar-refractivity contribution in [2.45, 2.75) is 45.1 Å². The molecule has 1 saturated carbocycles. The van der Waals surface area contributed by atoms with E-state index in [1.807, 2.05) is 13.8 Å². The van der Waals surface area contributed by atoms with Gasteiger partial charge in [-0.15, -0.1) is 0 Å². The molecule has 2 N–H and O–H groups in total. The van der Waals surface area contributed by atoms with Crippen molar-refractivity contribution < 1.29 is 4.39 Å². The van der Waals surface area contributed by atoms with Crippen LogP contribution >= 0.6 is 11.6 Å². The van der Waals surface area contributed by atoms with Gasteiger partial charge in [0.2, 0.25) is 0 Å². The summed E-state index contributed by atoms with van der Waals surface area (Å²) in [4.78, 5) is 0. The fraction of sp³-hybridized carbons (Fsp3) is 0.538. The number of nitrogens with two attached hydrogens (primary N) is 1. The summed E-state index contributed by atoms with van der Waals surface area (Å²) < 4.78 is 14.1. The summed E-state index contributed by atoms with van der Waals surface area (Å²) in [6.45, 7) is 3.87. The van der Waals surface area contributed by atoms with Crippen LogP contribution in [0.25, 0.3) is 0 Å². The third-order valence-electron chi connectivity index (χ3n) is 3.73. The molecule has 88 valence electrons. The van der Waals surface area contributed by atoms with Crippen molar-refractivity contribution >= 4 is 11.6 Å². The van der Waals surface area contributed by atoms with Crippen LogP contribution in [0.5, 0.6) is 0 Å². The first kappa shape index (κ1) is 11.9. The van der Waals surface area contributed by atoms with E-state index in [-0.39, 0.29) is 10.8 Å². The first-order valence-electron chi connectivity index (χ1n) is 5.70. The lowest BCUT2D eigenvalue weighted by molar-refractivity contribution is 0.430. The van der Waals surface area contributed by atoms with Crippen LogP contribution < -0.4 is 5.73 Å². The van der Waals surface area contributed by atoms with E-state index in [9.17, 15) is 4.39 Å². The normalized spacial score (nSPS) is 19.1. The molecule has 0 bridgehead atoms. The Hall–Kier alpha value is -0.600. The van der Waals surface area contributed by atoms with E-state index in [2.05, 4.69) is 0 Å². The number of rotatable bonds is 1. The predicted octanol–water partition coefficient (Wildman–Crippen LogP) is 3.82. The van der Waals surface area contributed by atoms with E-state index in [4.69, 9.17) is 17.3 Å². The van der Waals surface area contributed by atoms with Crippen molar-refractivity contribution in [3.63, 3.8) is 0 Å². The van der Waals surface area contributed by atoms with Gasteiger partial charge in [0.25, 0.3) is 0 Å². The van der Waals surface area contributed by atoms with Gasteiger partial charge >= 0.3 is 0 Å². The van der Waals surface area contributed by atoms with Crippen molar-refractivity contribution in [2.75, 3.05) is 0 Å². The highest BCUT2D eigenvalue weighted by molar-refractivity contribution is 6.30. The number of benzene rings is 1. The molecule has 1 nitrogen and oxygen atoms in total. The molecule has 1 fully saturated rings. The number of aryl methyl sites for hydroxylation is 1. The Kier molecular flexibility index (Phi) is 2.97. The minimum Gasteiger partial charge on any atom is -0.321 e. The third kappa shape index (κ3) is 1.74. The minimum atomic E-state index is -0.510. The fourth-order valence-electron chi connectivity index (χ4n) is 2.69. The summed E-state index contributed by atoms with van der Waals surface area (Å²) in [6.07, 6.45) is 3.84. The summed E-state index contributed by atoms with van der Waals surface area (Å²) in [6, 6.07) is 1.67. The van der Waals surface area contributed by atoms with Crippen LogP contribution in [0, 0.1) is 19.7 Å². The molecule has 3 heteroatoms. The predicted molar refractivity (Wildman–Crippen MR) is 65.2 cm³/mol. The molecular weight excluding hydrogens is 225 g/mol. The Morgan fingerprint density at radius 3 is 2.44 bits per heavy atom. The zero-order chi connectivity index (χ0) is 11.9. The van der Waals surface area contributed by atoms with Crippen LogP contribution in [-0.4, -0.2) is 0 Å². The Labute approximate surface area is 101 Å². The molecule has 0 heterocycles. The Balaban J connectivity index is 2.63. The minimum absolute atomic E-state index is 0.190. The van der Waals surface area contributed by atoms with Gasteiger partial charge in [-0.3, -0.25) is 0 Å². The highest BCUT2D eigenvalue weighted by Crippen LogP contribution is 2.41. The second kappa shape index (κ2) is 4.01. The monoisotopic (exact) mass is 241 g/mol. The molecule has 1 aromatic carbocycles. The van der Waals surface area contributed by atoms with Crippen LogP contribution in [0.4, 0.5) is 4.39 Å². The fourth-order valence-corrected chi connectivity index (χ4v) is 2.95. The van der Waals surface area contributed by atoms with Crippen molar-refractivity contribution in [2.24, 2.45) is 5.73 Å². The topological polar surface area (TPSA) is 26.0 Å². The maximum absolute atomic E-state index is 14.1. The maximum Gasteiger partial charge on any atom is 0.147 e. The quantitative estimate of drug-likeness (QED) is 0.795. The molecule has 0 amide bonds. The second-order valence-electron chi connectivity index (χ2n) is 4.85. The van der Waals surface area contributed by atoms with Crippen LogP contribution in [-0.2, 0) is 5.54 Å². The molecule has 16 heavy (non-hydrogen) atoms. The van der Waals surface area contributed by atoms with Gasteiger partial charge in [0.15, 0.2) is 0 Å². The van der Waals surface area contributed by atoms with Crippen LogP contribution in [0.15, 0.2) is 6.07 Å². The molecule has 1 aliphatic rings. The van der Waals surface area contributed by atoms with E-state index in [1.165, 1.54) is 0 Å². The summed E-state index contributed by atoms with van der Waals surface area (Å²) in [5, 5.41) is 0.190. The molecule has 1 aliphatic carbocycles. The van der Waals surface area contributed by atoms with Gasteiger partial charge in [0, 0.05) is 11.1 Å². The SMILES string of the molecule is Cc1cc(Cl)c(F)c(C2(N)CCCC2)c1C. The lowest BCUT2D eigenvalue weighted by Gasteiger charge is -2.28. The molecule has 0 unspecified atom stereocenters. The summed E-state index contributed by atoms with van der Waals surface area (Å²) >= 11 is 5.90. The highest BCUT2D eigenvalue weighted by Gasteiger charge is 2.36. The summed E-state index contributed by atoms with van der Waals surface area (Å²) in [5.74, 6) is -0.325. The molecule has 0 spiro atoms. The van der Waals surface area contributed by atoms with E-state index >= 15 is 0 Å². The molecular formula is C13H17ClFN. The lowest BCUT2D eigenvalue weighted by Crippen LogP contribution is -2.35. The smallest absolute Gasteiger partial charge is 0.147 e. The second-order valence-corrected chi connectivity index (χ2v) is 5.26. The third-order valence-corrected chi connectivity index (χ3v) is 4.01. The van der Waals surface area contributed by atoms with E-state index in [0.717, 1.165) is 36.8 Å². The van der Waals surface area contributed by atoms with Crippen LogP contribution in [0.3, 0.4) is 0 Å². The van der Waals surface area contributed by atoms with E-state index in [1.54, 1.807) is 6.07 Å². The average molecular weight is 242 g/mol. The zero-order valence-corrected chi connectivity index (χ0v) is 10.5. The van der Waals surface area contributed by atoms with Gasteiger partial charge in [-0.2, -0.15) is 0 Å². The van der Waals surface area contributed by atoms with Crippen molar-refractivity contribution in [3.05, 3.63) is 33.6 Å². The number of hydrogen-bond acceptors (Lipinski definition) is 1. The van der Waals surface area contributed by atoms with Gasteiger partial charge in [-0.1, -0.05) is 24.4 Å². The van der Waals surface area contributed by atoms with Gasteiger partial charge in [0.05, 0.1) is 5.02 Å². The summed E-state index contributed by atoms with van der Waals surface area (Å²) in [5.41, 5.74) is 8.41. The number of halogens is 2. The first-order valence-corrected chi connectivity index (χ1v) is 6.08. The molecule has 0 aliphatic heterocycles. The Bertz CT molecular complexity index is 396. The van der Waals surface area contributed by atoms with Gasteiger partial charge in [-0.05, 0) is 43.9 Å². The lowest BCUT2D eigenvalue weighted by atomic mass is 9.84. The van der Waals surface area contributed by atoms with Gasteiger partial charge in [0.1, 0.15) is 5.82 Å². The molecule has 0 aromatic heterocycles. The van der Waals surface area contributed by atoms with Crippen molar-refractivity contribution in [1.29, 1.82) is 0 Å². The van der Waals surface area contributed by atoms with Crippen LogP contribution in [0.1, 0.15) is 42.4 Å². The zero-order valence-electron chi connectivity index (χ0n) is 9.74. The largest absolute Gasteiger partial charge is 0.321 e. The van der Waals surface area contributed by atoms with Gasteiger partial charge < -0.3 is 5.73 Å². The Morgan fingerprint density at radius 1 is 1.31 bits per heavy atom. The van der Waals surface area contributed by atoms with Crippen molar-refractivity contribution in [1.82, 2.24) is 0 Å². The van der Waals surface area contributed by atoms with E-state index in [0.29, 0.717) is 5.56 Å². The van der Waals surface area contributed by atoms with Crippen molar-refractivity contribution in [3.8, 4) is 0 Å². The van der Waals surface area contributed by atoms with E-state index < -0.39 is 5.54 Å². The Morgan fingerprint density at radius 2 is 1.88 bits per heavy atom. The average Bonchev–Trinajstić information content (AvgIpc) is 2.63. The molecule has 0 saturated heterocycles. The molecule has 0 atom stereocenters. The maximum atomic E-state index is 14.1. The molecule has 2 rings (SSSR count). The first-order chi connectivity index (χ1) is 7.46.